The smallest absolute Gasteiger partial charge is 0.446 e. The second-order valence-electron chi connectivity index (χ2n) is 11.6. The van der Waals surface area contributed by atoms with Crippen LogP contribution < -0.4 is 4.74 Å². The number of carbonyl (C=O) groups is 3. The van der Waals surface area contributed by atoms with Crippen LogP contribution in [0.2, 0.25) is 0 Å². The molecule has 0 radical (unpaired) electrons. The Hall–Kier alpha value is -5.52. The number of carboxylic acids is 1. The highest BCUT2D eigenvalue weighted by Gasteiger charge is 2.29. The fourth-order valence-corrected chi connectivity index (χ4v) is 5.89. The average Bonchev–Trinajstić information content (AvgIpc) is 3.53. The molecule has 1 saturated heterocycles. The number of amides is 1. The molecule has 4 aromatic carbocycles. The van der Waals surface area contributed by atoms with E-state index in [9.17, 15) is 27.9 Å². The van der Waals surface area contributed by atoms with Crippen molar-refractivity contribution in [2.24, 2.45) is 0 Å². The van der Waals surface area contributed by atoms with Gasteiger partial charge in [-0.2, -0.15) is 13.2 Å². The zero-order valence-corrected chi connectivity index (χ0v) is 26.7. The van der Waals surface area contributed by atoms with Crippen molar-refractivity contribution in [3.8, 4) is 22.8 Å². The topological polar surface area (TPSA) is 102 Å². The molecule has 1 N–H and O–H groups in total. The van der Waals surface area contributed by atoms with Crippen molar-refractivity contribution in [2.75, 3.05) is 19.7 Å². The lowest BCUT2D eigenvalue weighted by Crippen LogP contribution is -2.38. The monoisotopic (exact) mass is 675 g/mol. The number of halogens is 4. The van der Waals surface area contributed by atoms with Crippen LogP contribution in [0.1, 0.15) is 57.7 Å². The summed E-state index contributed by atoms with van der Waals surface area (Å²) in [6, 6.07) is 23.7. The van der Waals surface area contributed by atoms with Crippen molar-refractivity contribution in [3.63, 3.8) is 0 Å². The van der Waals surface area contributed by atoms with E-state index in [0.29, 0.717) is 60.9 Å². The molecular formula is C37H33F4N3O5. The molecule has 1 amide bonds. The van der Waals surface area contributed by atoms with Gasteiger partial charge in [0.05, 0.1) is 23.4 Å². The van der Waals surface area contributed by atoms with E-state index < -0.39 is 24.2 Å². The van der Waals surface area contributed by atoms with Gasteiger partial charge in [0.2, 0.25) is 6.29 Å². The van der Waals surface area contributed by atoms with Crippen molar-refractivity contribution in [3.05, 3.63) is 113 Å². The largest absolute Gasteiger partial charge is 0.494 e. The predicted octanol–water partition coefficient (Wildman–Crippen LogP) is 8.00. The number of hydrogen-bond donors (Lipinski definition) is 1. The van der Waals surface area contributed by atoms with Gasteiger partial charge in [0, 0.05) is 25.4 Å². The summed E-state index contributed by atoms with van der Waals surface area (Å²) in [5, 5.41) is 11.4. The van der Waals surface area contributed by atoms with E-state index in [1.54, 1.807) is 27.8 Å². The van der Waals surface area contributed by atoms with E-state index in [1.807, 2.05) is 68.4 Å². The Morgan fingerprint density at radius 3 is 2.37 bits per heavy atom. The zero-order valence-electron chi connectivity index (χ0n) is 26.7. The Labute approximate surface area is 279 Å². The third-order valence-corrected chi connectivity index (χ3v) is 8.20. The number of nitrogens with zero attached hydrogens (tertiary/aromatic N) is 3. The van der Waals surface area contributed by atoms with Gasteiger partial charge in [0.25, 0.3) is 5.91 Å². The lowest BCUT2D eigenvalue weighted by atomic mass is 9.86. The zero-order chi connectivity index (χ0) is 35.3. The van der Waals surface area contributed by atoms with Crippen LogP contribution in [0.5, 0.6) is 5.75 Å². The number of hydrogen-bond acceptors (Lipinski definition) is 5. The molecule has 0 unspecified atom stereocenters. The third kappa shape index (κ3) is 8.14. The Kier molecular flexibility index (Phi) is 10.5. The third-order valence-electron chi connectivity index (χ3n) is 8.20. The van der Waals surface area contributed by atoms with E-state index in [4.69, 9.17) is 9.53 Å². The number of fused-ring (bicyclic) bond motifs is 1. The summed E-state index contributed by atoms with van der Waals surface area (Å²) >= 11 is 0. The maximum atomic E-state index is 15.2. The van der Waals surface area contributed by atoms with Crippen LogP contribution in [0.25, 0.3) is 27.8 Å². The second kappa shape index (κ2) is 14.7. The summed E-state index contributed by atoms with van der Waals surface area (Å²) in [5.41, 5.74) is 3.29. The van der Waals surface area contributed by atoms with Crippen molar-refractivity contribution >= 4 is 28.9 Å². The minimum absolute atomic E-state index is 0.128. The predicted molar refractivity (Wildman–Crippen MR) is 176 cm³/mol. The highest BCUT2D eigenvalue weighted by atomic mass is 19.4. The van der Waals surface area contributed by atoms with Crippen LogP contribution in [0.4, 0.5) is 17.6 Å². The maximum Gasteiger partial charge on any atom is 0.446 e. The lowest BCUT2D eigenvalue weighted by Gasteiger charge is -2.32. The average molecular weight is 676 g/mol. The molecule has 12 heteroatoms. The van der Waals surface area contributed by atoms with E-state index in [2.05, 4.69) is 11.1 Å². The molecule has 6 rings (SSSR count). The fourth-order valence-electron chi connectivity index (χ4n) is 5.89. The molecule has 49 heavy (non-hydrogen) atoms. The van der Waals surface area contributed by atoms with Gasteiger partial charge in [-0.15, -0.1) is 0 Å². The van der Waals surface area contributed by atoms with Gasteiger partial charge in [0.15, 0.2) is 0 Å². The number of carbonyl (C=O) groups excluding carboxylic acids is 2. The van der Waals surface area contributed by atoms with Gasteiger partial charge >= 0.3 is 12.1 Å². The number of alkyl halides is 3. The number of ether oxygens (including phenoxy) is 1. The van der Waals surface area contributed by atoms with Gasteiger partial charge in [-0.3, -0.25) is 14.2 Å². The SMILES string of the molecule is CCOc1cccc(-n2cc(C(=O)N3CCC(c4cc(C(=O)O)c5ccccc5c4)CC3)nc2-c2ccc(C)cc2F)c1.O=CC(F)(F)F. The number of piperidine rings is 1. The molecule has 0 saturated carbocycles. The van der Waals surface area contributed by atoms with Crippen LogP contribution in [-0.2, 0) is 4.79 Å². The molecule has 1 aliphatic heterocycles. The van der Waals surface area contributed by atoms with Gasteiger partial charge < -0.3 is 14.7 Å². The Bertz CT molecular complexity index is 2000. The van der Waals surface area contributed by atoms with Gasteiger partial charge in [-0.05, 0) is 84.8 Å². The minimum atomic E-state index is -4.64. The van der Waals surface area contributed by atoms with Crippen LogP contribution in [0, 0.1) is 12.7 Å². The van der Waals surface area contributed by atoms with Gasteiger partial charge in [0.1, 0.15) is 23.1 Å². The van der Waals surface area contributed by atoms with Crippen LogP contribution >= 0.6 is 0 Å². The fraction of sp³-hybridized carbons (Fsp3) is 0.243. The minimum Gasteiger partial charge on any atom is -0.494 e. The number of benzene rings is 4. The molecule has 8 nitrogen and oxygen atoms in total. The summed E-state index contributed by atoms with van der Waals surface area (Å²) in [7, 11) is 0. The molecule has 0 spiro atoms. The maximum absolute atomic E-state index is 15.2. The first-order chi connectivity index (χ1) is 23.4. The summed E-state index contributed by atoms with van der Waals surface area (Å²) < 4.78 is 53.8. The first-order valence-electron chi connectivity index (χ1n) is 15.6. The number of likely N-dealkylation sites (tertiary alicyclic amines) is 1. The quantitative estimate of drug-likeness (QED) is 0.139. The van der Waals surface area contributed by atoms with Crippen LogP contribution in [-0.4, -0.2) is 63.6 Å². The normalized spacial score (nSPS) is 13.5. The molecular weight excluding hydrogens is 642 g/mol. The van der Waals surface area contributed by atoms with Crippen molar-refractivity contribution < 1.29 is 41.8 Å². The molecule has 254 valence electrons. The summed E-state index contributed by atoms with van der Waals surface area (Å²) in [6.07, 6.45) is -2.65. The highest BCUT2D eigenvalue weighted by molar-refractivity contribution is 6.04. The number of rotatable bonds is 7. The number of aldehydes is 1. The number of aromatic nitrogens is 2. The molecule has 1 aromatic heterocycles. The Balaban J connectivity index is 0.000000717. The number of carboxylic acid groups (broad SMARTS) is 1. The molecule has 0 atom stereocenters. The summed E-state index contributed by atoms with van der Waals surface area (Å²) in [6.45, 7) is 5.23. The molecule has 0 bridgehead atoms. The standard InChI is InChI=1S/C35H32FN3O4.C2HF3O/c1-3-43-27-9-6-8-26(20-27)39-21-32(37-33(39)29-12-11-22(2)17-31(29)36)34(40)38-15-13-23(14-16-38)25-18-24-7-4-5-10-28(24)30(19-25)35(41)42;3-2(4,5)1-6/h4-12,17-21,23H,3,13-16H2,1-2H3,(H,41,42);1H. The molecule has 5 aromatic rings. The second-order valence-corrected chi connectivity index (χ2v) is 11.6. The Morgan fingerprint density at radius 2 is 1.71 bits per heavy atom. The van der Waals surface area contributed by atoms with Crippen LogP contribution in [0.15, 0.2) is 85.1 Å². The van der Waals surface area contributed by atoms with E-state index in [0.717, 1.165) is 21.9 Å². The molecule has 0 aliphatic carbocycles. The molecule has 1 aliphatic rings. The van der Waals surface area contributed by atoms with Crippen molar-refractivity contribution in [2.45, 2.75) is 38.8 Å². The molecule has 1 fully saturated rings. The number of aryl methyl sites for hydroxylation is 1. The summed E-state index contributed by atoms with van der Waals surface area (Å²) in [5.74, 6) is -0.461. The first kappa shape index (κ1) is 34.8. The van der Waals surface area contributed by atoms with Crippen molar-refractivity contribution in [1.82, 2.24) is 14.5 Å². The first-order valence-corrected chi connectivity index (χ1v) is 15.6. The number of imidazole rings is 1. The Morgan fingerprint density at radius 1 is 1.00 bits per heavy atom. The molecule has 2 heterocycles. The van der Waals surface area contributed by atoms with E-state index in [1.165, 1.54) is 6.07 Å². The van der Waals surface area contributed by atoms with Gasteiger partial charge in [-0.25, -0.2) is 14.2 Å². The summed E-state index contributed by atoms with van der Waals surface area (Å²) in [4.78, 5) is 40.9. The number of aromatic carboxylic acids is 1. The van der Waals surface area contributed by atoms with Gasteiger partial charge in [-0.1, -0.05) is 42.5 Å². The van der Waals surface area contributed by atoms with E-state index in [-0.39, 0.29) is 17.5 Å². The van der Waals surface area contributed by atoms with Crippen LogP contribution in [0.3, 0.4) is 0 Å². The van der Waals surface area contributed by atoms with Crippen molar-refractivity contribution in [1.29, 1.82) is 0 Å². The van der Waals surface area contributed by atoms with E-state index >= 15 is 4.39 Å². The lowest BCUT2D eigenvalue weighted by molar-refractivity contribution is -0.156. The highest BCUT2D eigenvalue weighted by Crippen LogP contribution is 2.34.